The van der Waals surface area contributed by atoms with Gasteiger partial charge in [-0.1, -0.05) is 22.4 Å². The van der Waals surface area contributed by atoms with E-state index in [9.17, 15) is 14.3 Å². The van der Waals surface area contributed by atoms with E-state index in [-0.39, 0.29) is 24.1 Å². The number of carbonyl (C=O) groups excluding carboxylic acids is 1. The van der Waals surface area contributed by atoms with Crippen molar-refractivity contribution in [3.05, 3.63) is 34.1 Å². The second-order valence-corrected chi connectivity index (χ2v) is 5.49. The largest absolute Gasteiger partial charge is 0.396 e. The summed E-state index contributed by atoms with van der Waals surface area (Å²) in [6.45, 7) is 0.0633. The summed E-state index contributed by atoms with van der Waals surface area (Å²) in [5.41, 5.74) is 0.0433. The molecule has 18 heavy (non-hydrogen) atoms. The Morgan fingerprint density at radius 1 is 1.50 bits per heavy atom. The molecule has 1 saturated carbocycles. The Labute approximate surface area is 114 Å². The molecule has 0 saturated heterocycles. The lowest BCUT2D eigenvalue weighted by Gasteiger charge is -2.19. The van der Waals surface area contributed by atoms with Gasteiger partial charge in [0.2, 0.25) is 0 Å². The topological polar surface area (TPSA) is 49.3 Å². The number of hydrogen-bond acceptors (Lipinski definition) is 2. The minimum absolute atomic E-state index is 0.0433. The maximum atomic E-state index is 13.6. The molecule has 0 heterocycles. The van der Waals surface area contributed by atoms with Crippen LogP contribution in [0.1, 0.15) is 29.6 Å². The van der Waals surface area contributed by atoms with E-state index < -0.39 is 11.7 Å². The molecule has 1 aliphatic carbocycles. The third-order valence-corrected chi connectivity index (χ3v) is 3.88. The van der Waals surface area contributed by atoms with E-state index in [1.54, 1.807) is 6.07 Å². The Balaban J connectivity index is 2.07. The molecule has 5 heteroatoms. The Kier molecular flexibility index (Phi) is 4.35. The van der Waals surface area contributed by atoms with Gasteiger partial charge >= 0.3 is 0 Å². The predicted octanol–water partition coefficient (Wildman–Crippen LogP) is 2.48. The summed E-state index contributed by atoms with van der Waals surface area (Å²) in [4.78, 5) is 11.9. The second kappa shape index (κ2) is 5.80. The lowest BCUT2D eigenvalue weighted by Crippen LogP contribution is -2.38. The third-order valence-electron chi connectivity index (χ3n) is 3.39. The summed E-state index contributed by atoms with van der Waals surface area (Å²) in [6, 6.07) is 4.31. The first-order valence-corrected chi connectivity index (χ1v) is 6.78. The van der Waals surface area contributed by atoms with Crippen LogP contribution in [0.3, 0.4) is 0 Å². The summed E-state index contributed by atoms with van der Waals surface area (Å²) in [5, 5.41) is 12.0. The molecule has 0 aromatic heterocycles. The maximum absolute atomic E-state index is 13.6. The monoisotopic (exact) mass is 315 g/mol. The Bertz CT molecular complexity index is 453. The molecule has 0 radical (unpaired) electrons. The molecule has 1 amide bonds. The normalized spacial score (nSPS) is 23.1. The summed E-state index contributed by atoms with van der Waals surface area (Å²) < 4.78 is 14.2. The molecule has 0 spiro atoms. The number of rotatable bonds is 3. The lowest BCUT2D eigenvalue weighted by atomic mass is 10.0. The summed E-state index contributed by atoms with van der Waals surface area (Å²) >= 11 is 3.15. The SMILES string of the molecule is O=C(NC1CCCC1CO)c1ccc(Br)cc1F. The van der Waals surface area contributed by atoms with Crippen LogP contribution in [0.25, 0.3) is 0 Å². The number of aliphatic hydroxyl groups excluding tert-OH is 1. The number of carbonyl (C=O) groups is 1. The van der Waals surface area contributed by atoms with E-state index in [1.165, 1.54) is 12.1 Å². The fraction of sp³-hybridized carbons (Fsp3) is 0.462. The van der Waals surface area contributed by atoms with Gasteiger partial charge in [-0.25, -0.2) is 4.39 Å². The Hall–Kier alpha value is -0.940. The number of nitrogens with one attached hydrogen (secondary N) is 1. The van der Waals surface area contributed by atoms with Gasteiger partial charge in [-0.2, -0.15) is 0 Å². The fourth-order valence-corrected chi connectivity index (χ4v) is 2.70. The number of benzene rings is 1. The molecule has 2 unspecified atom stereocenters. The van der Waals surface area contributed by atoms with Gasteiger partial charge in [-0.05, 0) is 31.0 Å². The summed E-state index contributed by atoms with van der Waals surface area (Å²) in [5.74, 6) is -0.863. The minimum Gasteiger partial charge on any atom is -0.396 e. The van der Waals surface area contributed by atoms with Crippen molar-refractivity contribution in [1.29, 1.82) is 0 Å². The van der Waals surface area contributed by atoms with Gasteiger partial charge in [0.1, 0.15) is 5.82 Å². The van der Waals surface area contributed by atoms with E-state index in [0.29, 0.717) is 4.47 Å². The van der Waals surface area contributed by atoms with Crippen LogP contribution in [-0.4, -0.2) is 23.7 Å². The van der Waals surface area contributed by atoms with Crippen LogP contribution in [0.4, 0.5) is 4.39 Å². The number of hydrogen-bond donors (Lipinski definition) is 2. The Morgan fingerprint density at radius 3 is 2.94 bits per heavy atom. The van der Waals surface area contributed by atoms with Crippen LogP contribution in [-0.2, 0) is 0 Å². The highest BCUT2D eigenvalue weighted by Crippen LogP contribution is 2.25. The molecule has 0 aliphatic heterocycles. The van der Waals surface area contributed by atoms with Crippen molar-refractivity contribution in [3.8, 4) is 0 Å². The van der Waals surface area contributed by atoms with Gasteiger partial charge in [0.25, 0.3) is 5.91 Å². The smallest absolute Gasteiger partial charge is 0.254 e. The molecule has 1 aliphatic rings. The van der Waals surface area contributed by atoms with E-state index in [0.717, 1.165) is 19.3 Å². The van der Waals surface area contributed by atoms with Crippen LogP contribution in [0.15, 0.2) is 22.7 Å². The van der Waals surface area contributed by atoms with Gasteiger partial charge in [-0.3, -0.25) is 4.79 Å². The first-order chi connectivity index (χ1) is 8.61. The first kappa shape index (κ1) is 13.5. The molecular formula is C13H15BrFNO2. The van der Waals surface area contributed by atoms with E-state index in [4.69, 9.17) is 0 Å². The van der Waals surface area contributed by atoms with Gasteiger partial charge < -0.3 is 10.4 Å². The van der Waals surface area contributed by atoms with E-state index in [2.05, 4.69) is 21.2 Å². The fourth-order valence-electron chi connectivity index (χ4n) is 2.37. The number of amides is 1. The zero-order valence-electron chi connectivity index (χ0n) is 9.83. The molecule has 1 fully saturated rings. The van der Waals surface area contributed by atoms with Crippen molar-refractivity contribution in [2.75, 3.05) is 6.61 Å². The molecule has 1 aromatic carbocycles. The molecule has 0 bridgehead atoms. The average molecular weight is 316 g/mol. The molecule has 3 nitrogen and oxygen atoms in total. The minimum atomic E-state index is -0.541. The molecule has 1 aromatic rings. The zero-order valence-corrected chi connectivity index (χ0v) is 11.4. The van der Waals surface area contributed by atoms with Crippen LogP contribution < -0.4 is 5.32 Å². The van der Waals surface area contributed by atoms with Crippen molar-refractivity contribution < 1.29 is 14.3 Å². The molecular weight excluding hydrogens is 301 g/mol. The van der Waals surface area contributed by atoms with E-state index >= 15 is 0 Å². The maximum Gasteiger partial charge on any atom is 0.254 e. The van der Waals surface area contributed by atoms with Crippen LogP contribution in [0, 0.1) is 11.7 Å². The highest BCUT2D eigenvalue weighted by molar-refractivity contribution is 9.10. The van der Waals surface area contributed by atoms with Gasteiger partial charge in [0.05, 0.1) is 5.56 Å². The van der Waals surface area contributed by atoms with Crippen molar-refractivity contribution in [2.45, 2.75) is 25.3 Å². The molecule has 2 atom stereocenters. The van der Waals surface area contributed by atoms with Gasteiger partial charge in [0, 0.05) is 23.0 Å². The number of halogens is 2. The van der Waals surface area contributed by atoms with Crippen LogP contribution in [0.5, 0.6) is 0 Å². The first-order valence-electron chi connectivity index (χ1n) is 5.98. The summed E-state index contributed by atoms with van der Waals surface area (Å²) in [7, 11) is 0. The highest BCUT2D eigenvalue weighted by atomic mass is 79.9. The van der Waals surface area contributed by atoms with E-state index in [1.807, 2.05) is 0 Å². The van der Waals surface area contributed by atoms with Crippen LogP contribution in [0.2, 0.25) is 0 Å². The van der Waals surface area contributed by atoms with Crippen molar-refractivity contribution in [1.82, 2.24) is 5.32 Å². The number of aliphatic hydroxyl groups is 1. The van der Waals surface area contributed by atoms with Gasteiger partial charge in [-0.15, -0.1) is 0 Å². The van der Waals surface area contributed by atoms with Crippen molar-refractivity contribution in [3.63, 3.8) is 0 Å². The second-order valence-electron chi connectivity index (χ2n) is 4.58. The molecule has 2 rings (SSSR count). The average Bonchev–Trinajstić information content (AvgIpc) is 2.76. The standard InChI is InChI=1S/C13H15BrFNO2/c14-9-4-5-10(11(15)6-9)13(18)16-12-3-1-2-8(12)7-17/h4-6,8,12,17H,1-3,7H2,(H,16,18). The summed E-state index contributed by atoms with van der Waals surface area (Å²) in [6.07, 6.45) is 2.73. The highest BCUT2D eigenvalue weighted by Gasteiger charge is 2.28. The predicted molar refractivity (Wildman–Crippen MR) is 69.8 cm³/mol. The van der Waals surface area contributed by atoms with Crippen molar-refractivity contribution in [2.24, 2.45) is 5.92 Å². The van der Waals surface area contributed by atoms with Gasteiger partial charge in [0.15, 0.2) is 0 Å². The van der Waals surface area contributed by atoms with Crippen LogP contribution >= 0.6 is 15.9 Å². The van der Waals surface area contributed by atoms with Crippen molar-refractivity contribution >= 4 is 21.8 Å². The molecule has 2 N–H and O–H groups in total. The Morgan fingerprint density at radius 2 is 2.28 bits per heavy atom. The molecule has 98 valence electrons. The quantitative estimate of drug-likeness (QED) is 0.900. The lowest BCUT2D eigenvalue weighted by molar-refractivity contribution is 0.0912. The third kappa shape index (κ3) is 2.90. The zero-order chi connectivity index (χ0) is 13.1.